The third-order valence-electron chi connectivity index (χ3n) is 3.60. The van der Waals surface area contributed by atoms with Gasteiger partial charge in [-0.15, -0.1) is 0 Å². The van der Waals surface area contributed by atoms with Crippen molar-refractivity contribution >= 4 is 17.5 Å². The van der Waals surface area contributed by atoms with E-state index in [2.05, 4.69) is 0 Å². The maximum absolute atomic E-state index is 13.7. The highest BCUT2D eigenvalue weighted by atomic mass is 35.5. The van der Waals surface area contributed by atoms with E-state index >= 15 is 0 Å². The molecule has 1 aromatic carbocycles. The fourth-order valence-corrected chi connectivity index (χ4v) is 2.65. The molecule has 0 N–H and O–H groups in total. The van der Waals surface area contributed by atoms with Crippen molar-refractivity contribution in [2.45, 2.75) is 38.1 Å². The van der Waals surface area contributed by atoms with Crippen LogP contribution in [0.3, 0.4) is 0 Å². The quantitative estimate of drug-likeness (QED) is 0.798. The molecule has 1 amide bonds. The molecule has 0 saturated heterocycles. The van der Waals surface area contributed by atoms with Crippen LogP contribution in [0.15, 0.2) is 18.2 Å². The molecule has 18 heavy (non-hydrogen) atoms. The van der Waals surface area contributed by atoms with Gasteiger partial charge < -0.3 is 4.90 Å². The van der Waals surface area contributed by atoms with E-state index in [0.717, 1.165) is 25.7 Å². The molecule has 1 aliphatic rings. The number of amides is 1. The molecule has 4 heteroatoms. The van der Waals surface area contributed by atoms with E-state index in [1.54, 1.807) is 18.0 Å². The average molecular weight is 270 g/mol. The first-order chi connectivity index (χ1) is 8.59. The molecule has 2 rings (SSSR count). The maximum atomic E-state index is 13.7. The third-order valence-corrected chi connectivity index (χ3v) is 3.84. The van der Waals surface area contributed by atoms with Gasteiger partial charge in [0.15, 0.2) is 0 Å². The van der Waals surface area contributed by atoms with Crippen molar-refractivity contribution in [3.8, 4) is 0 Å². The smallest absolute Gasteiger partial charge is 0.256 e. The largest absolute Gasteiger partial charge is 0.339 e. The Morgan fingerprint density at radius 2 is 2.00 bits per heavy atom. The lowest BCUT2D eigenvalue weighted by molar-refractivity contribution is 0.0691. The van der Waals surface area contributed by atoms with E-state index in [1.165, 1.54) is 18.6 Å². The number of rotatable bonds is 2. The Kier molecular flexibility index (Phi) is 4.23. The highest BCUT2D eigenvalue weighted by molar-refractivity contribution is 6.30. The summed E-state index contributed by atoms with van der Waals surface area (Å²) in [5.41, 5.74) is 0.104. The summed E-state index contributed by atoms with van der Waals surface area (Å²) in [7, 11) is 1.76. The highest BCUT2D eigenvalue weighted by Crippen LogP contribution is 2.24. The van der Waals surface area contributed by atoms with Crippen molar-refractivity contribution in [3.63, 3.8) is 0 Å². The van der Waals surface area contributed by atoms with Crippen LogP contribution in [0.4, 0.5) is 4.39 Å². The van der Waals surface area contributed by atoms with Crippen molar-refractivity contribution in [3.05, 3.63) is 34.6 Å². The first kappa shape index (κ1) is 13.3. The number of carbonyl (C=O) groups excluding carboxylic acids is 1. The first-order valence-corrected chi connectivity index (χ1v) is 6.69. The summed E-state index contributed by atoms with van der Waals surface area (Å²) in [5.74, 6) is -0.800. The predicted octanol–water partition coefficient (Wildman–Crippen LogP) is 3.88. The lowest BCUT2D eigenvalue weighted by atomic mass is 9.94. The summed E-state index contributed by atoms with van der Waals surface area (Å²) in [6.07, 6.45) is 5.54. The monoisotopic (exact) mass is 269 g/mol. The molecular weight excluding hydrogens is 253 g/mol. The number of benzene rings is 1. The molecule has 0 spiro atoms. The van der Waals surface area contributed by atoms with Crippen molar-refractivity contribution in [2.75, 3.05) is 7.05 Å². The number of hydrogen-bond donors (Lipinski definition) is 0. The summed E-state index contributed by atoms with van der Waals surface area (Å²) in [5, 5.41) is 0.310. The van der Waals surface area contributed by atoms with Crippen LogP contribution in [0.2, 0.25) is 5.02 Å². The maximum Gasteiger partial charge on any atom is 0.256 e. The van der Waals surface area contributed by atoms with Crippen LogP contribution < -0.4 is 0 Å². The Bertz CT molecular complexity index is 443. The van der Waals surface area contributed by atoms with Gasteiger partial charge in [0.2, 0.25) is 0 Å². The molecule has 1 saturated carbocycles. The fourth-order valence-electron chi connectivity index (χ4n) is 2.49. The van der Waals surface area contributed by atoms with Crippen LogP contribution in [0.1, 0.15) is 42.5 Å². The summed E-state index contributed by atoms with van der Waals surface area (Å²) in [6.45, 7) is 0. The topological polar surface area (TPSA) is 20.3 Å². The van der Waals surface area contributed by atoms with Crippen LogP contribution in [0, 0.1) is 5.82 Å². The Hall–Kier alpha value is -1.09. The molecule has 98 valence electrons. The van der Waals surface area contributed by atoms with Gasteiger partial charge in [0.1, 0.15) is 5.82 Å². The molecule has 1 fully saturated rings. The van der Waals surface area contributed by atoms with Crippen molar-refractivity contribution in [1.29, 1.82) is 0 Å². The van der Waals surface area contributed by atoms with E-state index in [0.29, 0.717) is 5.02 Å². The lowest BCUT2D eigenvalue weighted by Crippen LogP contribution is -2.38. The molecule has 0 aliphatic heterocycles. The highest BCUT2D eigenvalue weighted by Gasteiger charge is 2.24. The molecule has 1 aromatic rings. The fraction of sp³-hybridized carbons (Fsp3) is 0.500. The van der Waals surface area contributed by atoms with Gasteiger partial charge in [-0.2, -0.15) is 0 Å². The normalized spacial score (nSPS) is 16.6. The Balaban J connectivity index is 2.14. The van der Waals surface area contributed by atoms with Gasteiger partial charge in [0, 0.05) is 18.1 Å². The Morgan fingerprint density at radius 3 is 2.61 bits per heavy atom. The molecule has 0 radical (unpaired) electrons. The second kappa shape index (κ2) is 5.70. The molecule has 2 nitrogen and oxygen atoms in total. The zero-order valence-corrected chi connectivity index (χ0v) is 11.2. The minimum atomic E-state index is -0.546. The van der Waals surface area contributed by atoms with E-state index in [1.807, 2.05) is 0 Å². The van der Waals surface area contributed by atoms with Gasteiger partial charge in [-0.05, 0) is 31.0 Å². The van der Waals surface area contributed by atoms with E-state index < -0.39 is 5.82 Å². The van der Waals surface area contributed by atoms with Gasteiger partial charge >= 0.3 is 0 Å². The van der Waals surface area contributed by atoms with Crippen LogP contribution in [-0.2, 0) is 0 Å². The van der Waals surface area contributed by atoms with E-state index in [4.69, 9.17) is 11.6 Å². The van der Waals surface area contributed by atoms with Gasteiger partial charge in [-0.3, -0.25) is 4.79 Å². The standard InChI is InChI=1S/C14H17ClFNO/c1-17(11-5-3-2-4-6-11)14(18)12-8-7-10(15)9-13(12)16/h7-9,11H,2-6H2,1H3. The summed E-state index contributed by atoms with van der Waals surface area (Å²) in [4.78, 5) is 13.9. The van der Waals surface area contributed by atoms with Crippen molar-refractivity contribution < 1.29 is 9.18 Å². The Labute approximate surface area is 112 Å². The van der Waals surface area contributed by atoms with Gasteiger partial charge in [0.05, 0.1) is 5.56 Å². The second-order valence-electron chi connectivity index (χ2n) is 4.83. The number of hydrogen-bond acceptors (Lipinski definition) is 1. The predicted molar refractivity (Wildman–Crippen MR) is 70.4 cm³/mol. The van der Waals surface area contributed by atoms with Gasteiger partial charge in [0.25, 0.3) is 5.91 Å². The van der Waals surface area contributed by atoms with Crippen LogP contribution in [0.25, 0.3) is 0 Å². The first-order valence-electron chi connectivity index (χ1n) is 6.32. The zero-order chi connectivity index (χ0) is 13.1. The summed E-state index contributed by atoms with van der Waals surface area (Å²) >= 11 is 5.68. The zero-order valence-electron chi connectivity index (χ0n) is 10.5. The van der Waals surface area contributed by atoms with Crippen molar-refractivity contribution in [1.82, 2.24) is 4.90 Å². The molecule has 0 unspecified atom stereocenters. The van der Waals surface area contributed by atoms with E-state index in [-0.39, 0.29) is 17.5 Å². The SMILES string of the molecule is CN(C(=O)c1ccc(Cl)cc1F)C1CCCCC1. The van der Waals surface area contributed by atoms with Crippen LogP contribution >= 0.6 is 11.6 Å². The van der Waals surface area contributed by atoms with Crippen LogP contribution in [0.5, 0.6) is 0 Å². The van der Waals surface area contributed by atoms with Gasteiger partial charge in [-0.25, -0.2) is 4.39 Å². The van der Waals surface area contributed by atoms with Crippen LogP contribution in [-0.4, -0.2) is 23.9 Å². The Morgan fingerprint density at radius 1 is 1.33 bits per heavy atom. The molecule has 1 aliphatic carbocycles. The minimum absolute atomic E-state index is 0.104. The third kappa shape index (κ3) is 2.83. The average Bonchev–Trinajstić information content (AvgIpc) is 2.38. The molecule has 0 aromatic heterocycles. The summed E-state index contributed by atoms with van der Waals surface area (Å²) in [6, 6.07) is 4.43. The molecule has 0 bridgehead atoms. The number of nitrogens with zero attached hydrogens (tertiary/aromatic N) is 1. The molecule has 0 atom stereocenters. The minimum Gasteiger partial charge on any atom is -0.339 e. The van der Waals surface area contributed by atoms with Crippen molar-refractivity contribution in [2.24, 2.45) is 0 Å². The van der Waals surface area contributed by atoms with Gasteiger partial charge in [-0.1, -0.05) is 30.9 Å². The number of carbonyl (C=O) groups is 1. The molecular formula is C14H17ClFNO. The lowest BCUT2D eigenvalue weighted by Gasteiger charge is -2.31. The summed E-state index contributed by atoms with van der Waals surface area (Å²) < 4.78 is 13.7. The molecule has 0 heterocycles. The van der Waals surface area contributed by atoms with E-state index in [9.17, 15) is 9.18 Å². The second-order valence-corrected chi connectivity index (χ2v) is 5.27. The number of halogens is 2.